The van der Waals surface area contributed by atoms with Gasteiger partial charge in [-0.25, -0.2) is 0 Å². The number of aryl methyl sites for hydroxylation is 1. The Morgan fingerprint density at radius 1 is 1.15 bits per heavy atom. The van der Waals surface area contributed by atoms with Gasteiger partial charge in [0.25, 0.3) is 0 Å². The molecule has 0 aromatic heterocycles. The van der Waals surface area contributed by atoms with Gasteiger partial charge in [0, 0.05) is 0 Å². The fraction of sp³-hybridized carbons (Fsp3) is 0.538. The number of hydrogen-bond acceptors (Lipinski definition) is 0. The van der Waals surface area contributed by atoms with E-state index < -0.39 is 0 Å². The number of rotatable bonds is 1. The van der Waals surface area contributed by atoms with Gasteiger partial charge in [0.1, 0.15) is 0 Å². The van der Waals surface area contributed by atoms with Gasteiger partial charge in [-0.05, 0) is 23.0 Å². The van der Waals surface area contributed by atoms with E-state index in [9.17, 15) is 0 Å². The highest BCUT2D eigenvalue weighted by atomic mass is 14.2. The van der Waals surface area contributed by atoms with Crippen molar-refractivity contribution in [1.29, 1.82) is 0 Å². The molecule has 0 amide bonds. The molecule has 1 aromatic carbocycles. The zero-order valence-corrected chi connectivity index (χ0v) is 8.52. The number of benzene rings is 1. The van der Waals surface area contributed by atoms with E-state index in [-0.39, 0.29) is 12.8 Å². The summed E-state index contributed by atoms with van der Waals surface area (Å²) in [6, 6.07) is 8.85. The topological polar surface area (TPSA) is 0 Å². The van der Waals surface area contributed by atoms with Gasteiger partial charge in [-0.3, -0.25) is 0 Å². The molecule has 0 saturated heterocycles. The van der Waals surface area contributed by atoms with E-state index in [2.05, 4.69) is 52.0 Å². The molecule has 0 N–H and O–H groups in total. The van der Waals surface area contributed by atoms with Gasteiger partial charge in [-0.2, -0.15) is 0 Å². The molecule has 1 aromatic rings. The number of hydrogen-bond donors (Lipinski definition) is 0. The third-order valence-corrected chi connectivity index (χ3v) is 2.20. The maximum absolute atomic E-state index is 2.31. The second-order valence-electron chi connectivity index (χ2n) is 4.30. The summed E-state index contributed by atoms with van der Waals surface area (Å²) in [5, 5.41) is 0. The van der Waals surface area contributed by atoms with Crippen LogP contribution in [0.25, 0.3) is 0 Å². The molecule has 0 aliphatic heterocycles. The Kier molecular flexibility index (Phi) is 4.19. The molecule has 0 heterocycles. The van der Waals surface area contributed by atoms with E-state index in [0.29, 0.717) is 0 Å². The van der Waals surface area contributed by atoms with Crippen molar-refractivity contribution in [3.05, 3.63) is 35.4 Å². The molecule has 74 valence electrons. The van der Waals surface area contributed by atoms with E-state index in [0.717, 1.165) is 6.42 Å². The Morgan fingerprint density at radius 3 is 2.23 bits per heavy atom. The summed E-state index contributed by atoms with van der Waals surface area (Å²) in [7, 11) is 0. The van der Waals surface area contributed by atoms with Crippen LogP contribution in [0.4, 0.5) is 0 Å². The Bertz CT molecular complexity index is 253. The molecule has 0 aliphatic rings. The van der Waals surface area contributed by atoms with Crippen molar-refractivity contribution in [3.63, 3.8) is 0 Å². The van der Waals surface area contributed by atoms with Crippen LogP contribution in [-0.4, -0.2) is 0 Å². The standard InChI is InChI=1S/C12H18.CH4/c1-5-10-7-6-8-11(9-10)12(2,3)4;/h6-9H,5H2,1-4H3;1H4. The zero-order valence-electron chi connectivity index (χ0n) is 8.52. The molecule has 0 spiro atoms. The van der Waals surface area contributed by atoms with Crippen molar-refractivity contribution in [1.82, 2.24) is 0 Å². The molecule has 0 bridgehead atoms. The predicted octanol–water partition coefficient (Wildman–Crippen LogP) is 4.18. The molecule has 0 atom stereocenters. The normalized spacial score (nSPS) is 10.8. The van der Waals surface area contributed by atoms with E-state index in [1.54, 1.807) is 0 Å². The summed E-state index contributed by atoms with van der Waals surface area (Å²) in [5.74, 6) is 0. The Hall–Kier alpha value is -0.780. The van der Waals surface area contributed by atoms with Gasteiger partial charge in [-0.1, -0.05) is 59.4 Å². The molecule has 13 heavy (non-hydrogen) atoms. The van der Waals surface area contributed by atoms with Crippen molar-refractivity contribution in [3.8, 4) is 0 Å². The third-order valence-electron chi connectivity index (χ3n) is 2.20. The summed E-state index contributed by atoms with van der Waals surface area (Å²) in [4.78, 5) is 0. The Morgan fingerprint density at radius 2 is 1.77 bits per heavy atom. The molecule has 0 fully saturated rings. The maximum Gasteiger partial charge on any atom is -0.0132 e. The molecular formula is C13H22. The third kappa shape index (κ3) is 3.22. The van der Waals surface area contributed by atoms with E-state index >= 15 is 0 Å². The average Bonchev–Trinajstić information content (AvgIpc) is 2.03. The zero-order chi connectivity index (χ0) is 9.19. The summed E-state index contributed by atoms with van der Waals surface area (Å²) < 4.78 is 0. The van der Waals surface area contributed by atoms with Crippen LogP contribution in [0.1, 0.15) is 46.2 Å². The molecule has 0 nitrogen and oxygen atoms in total. The lowest BCUT2D eigenvalue weighted by molar-refractivity contribution is 0.589. The van der Waals surface area contributed by atoms with Gasteiger partial charge in [0.15, 0.2) is 0 Å². The van der Waals surface area contributed by atoms with Crippen molar-refractivity contribution in [2.45, 2.75) is 47.0 Å². The van der Waals surface area contributed by atoms with Crippen LogP contribution < -0.4 is 0 Å². The smallest absolute Gasteiger partial charge is 0.0132 e. The first-order valence-corrected chi connectivity index (χ1v) is 4.63. The van der Waals surface area contributed by atoms with Gasteiger partial charge >= 0.3 is 0 Å². The largest absolute Gasteiger partial charge is 0.0776 e. The van der Waals surface area contributed by atoms with Crippen LogP contribution in [0, 0.1) is 0 Å². The van der Waals surface area contributed by atoms with Crippen molar-refractivity contribution >= 4 is 0 Å². The minimum Gasteiger partial charge on any atom is -0.0776 e. The second kappa shape index (κ2) is 4.45. The van der Waals surface area contributed by atoms with E-state index in [4.69, 9.17) is 0 Å². The first kappa shape index (κ1) is 12.2. The summed E-state index contributed by atoms with van der Waals surface area (Å²) in [6.07, 6.45) is 1.13. The SMILES string of the molecule is C.CCc1cccc(C(C)(C)C)c1. The van der Waals surface area contributed by atoms with Crippen molar-refractivity contribution in [2.24, 2.45) is 0 Å². The van der Waals surface area contributed by atoms with Gasteiger partial charge < -0.3 is 0 Å². The van der Waals surface area contributed by atoms with Crippen LogP contribution in [-0.2, 0) is 11.8 Å². The van der Waals surface area contributed by atoms with E-state index in [1.807, 2.05) is 0 Å². The maximum atomic E-state index is 2.31. The van der Waals surface area contributed by atoms with E-state index in [1.165, 1.54) is 11.1 Å². The average molecular weight is 178 g/mol. The molecular weight excluding hydrogens is 156 g/mol. The van der Waals surface area contributed by atoms with Crippen LogP contribution >= 0.6 is 0 Å². The lowest BCUT2D eigenvalue weighted by Crippen LogP contribution is -2.10. The summed E-state index contributed by atoms with van der Waals surface area (Å²) >= 11 is 0. The van der Waals surface area contributed by atoms with Crippen LogP contribution in [0.5, 0.6) is 0 Å². The van der Waals surface area contributed by atoms with Crippen molar-refractivity contribution in [2.75, 3.05) is 0 Å². The lowest BCUT2D eigenvalue weighted by atomic mass is 9.86. The molecule has 0 saturated carbocycles. The molecule has 0 aliphatic carbocycles. The van der Waals surface area contributed by atoms with Crippen LogP contribution in [0.15, 0.2) is 24.3 Å². The first-order chi connectivity index (χ1) is 5.54. The lowest BCUT2D eigenvalue weighted by Gasteiger charge is -2.19. The molecule has 0 heteroatoms. The van der Waals surface area contributed by atoms with Gasteiger partial charge in [-0.15, -0.1) is 0 Å². The highest BCUT2D eigenvalue weighted by Crippen LogP contribution is 2.22. The van der Waals surface area contributed by atoms with Crippen molar-refractivity contribution < 1.29 is 0 Å². The predicted molar refractivity (Wildman–Crippen MR) is 61.3 cm³/mol. The molecule has 0 radical (unpaired) electrons. The second-order valence-corrected chi connectivity index (χ2v) is 4.30. The Balaban J connectivity index is 0.00000144. The van der Waals surface area contributed by atoms with Crippen LogP contribution in [0.3, 0.4) is 0 Å². The van der Waals surface area contributed by atoms with Crippen LogP contribution in [0.2, 0.25) is 0 Å². The fourth-order valence-electron chi connectivity index (χ4n) is 1.26. The summed E-state index contributed by atoms with van der Waals surface area (Å²) in [5.41, 5.74) is 3.15. The molecule has 1 rings (SSSR count). The summed E-state index contributed by atoms with van der Waals surface area (Å²) in [6.45, 7) is 8.95. The minimum atomic E-state index is 0. The monoisotopic (exact) mass is 178 g/mol. The van der Waals surface area contributed by atoms with Gasteiger partial charge in [0.05, 0.1) is 0 Å². The first-order valence-electron chi connectivity index (χ1n) is 4.63. The van der Waals surface area contributed by atoms with Gasteiger partial charge in [0.2, 0.25) is 0 Å². The Labute approximate surface area is 83.0 Å². The quantitative estimate of drug-likeness (QED) is 0.605. The highest BCUT2D eigenvalue weighted by molar-refractivity contribution is 5.28. The minimum absolute atomic E-state index is 0. The fourth-order valence-corrected chi connectivity index (χ4v) is 1.26. The molecule has 0 unspecified atom stereocenters. The highest BCUT2D eigenvalue weighted by Gasteiger charge is 2.12.